The molecule has 2 aromatic carbocycles. The van der Waals surface area contributed by atoms with Gasteiger partial charge in [0, 0.05) is 41.5 Å². The minimum atomic E-state index is -0.262. The number of carbonyl (C=O) groups is 1. The summed E-state index contributed by atoms with van der Waals surface area (Å²) in [4.78, 5) is 26.9. The van der Waals surface area contributed by atoms with Crippen LogP contribution in [-0.2, 0) is 17.6 Å². The van der Waals surface area contributed by atoms with Crippen LogP contribution in [0.15, 0.2) is 51.7 Å². The number of ether oxygens (including phenoxy) is 1. The summed E-state index contributed by atoms with van der Waals surface area (Å²) in [6, 6.07) is 13.4. The number of nitrogens with zero attached hydrogens (tertiary/aromatic N) is 1. The summed E-state index contributed by atoms with van der Waals surface area (Å²) in [7, 11) is 0. The van der Waals surface area contributed by atoms with Crippen molar-refractivity contribution in [3.63, 3.8) is 0 Å². The molecule has 1 aromatic heterocycles. The molecule has 166 valence electrons. The van der Waals surface area contributed by atoms with Gasteiger partial charge in [-0.3, -0.25) is 4.79 Å². The number of amides is 1. The molecule has 3 aromatic rings. The van der Waals surface area contributed by atoms with Crippen LogP contribution in [-0.4, -0.2) is 25.6 Å². The number of hydrogen-bond acceptors (Lipinski definition) is 5. The van der Waals surface area contributed by atoms with Crippen LogP contribution in [0.25, 0.3) is 11.0 Å². The molecule has 0 atom stereocenters. The van der Waals surface area contributed by atoms with E-state index in [0.29, 0.717) is 11.3 Å². The highest BCUT2D eigenvalue weighted by atomic mass is 16.5. The van der Waals surface area contributed by atoms with Crippen LogP contribution in [0.4, 0.5) is 11.4 Å². The van der Waals surface area contributed by atoms with E-state index in [0.717, 1.165) is 60.5 Å². The SMILES string of the molecule is CC1CCN(c2ccc(NC(=O)COc3ccc4c5c(c(=O)oc4c3)CCC5)cc2)CC1. The van der Waals surface area contributed by atoms with Crippen molar-refractivity contribution in [3.05, 3.63) is 64.0 Å². The third-order valence-corrected chi connectivity index (χ3v) is 6.61. The lowest BCUT2D eigenvalue weighted by Crippen LogP contribution is -2.32. The molecule has 0 saturated carbocycles. The predicted molar refractivity (Wildman–Crippen MR) is 126 cm³/mol. The number of nitrogens with one attached hydrogen (secondary N) is 1. The van der Waals surface area contributed by atoms with Gasteiger partial charge < -0.3 is 19.4 Å². The first-order valence-electron chi connectivity index (χ1n) is 11.4. The summed E-state index contributed by atoms with van der Waals surface area (Å²) >= 11 is 0. The third-order valence-electron chi connectivity index (χ3n) is 6.61. The molecule has 1 N–H and O–H groups in total. The van der Waals surface area contributed by atoms with Gasteiger partial charge in [0.1, 0.15) is 11.3 Å². The number of aryl methyl sites for hydroxylation is 1. The average molecular weight is 433 g/mol. The first-order valence-corrected chi connectivity index (χ1v) is 11.4. The summed E-state index contributed by atoms with van der Waals surface area (Å²) < 4.78 is 11.1. The Labute approximate surface area is 187 Å². The summed E-state index contributed by atoms with van der Waals surface area (Å²) in [5, 5.41) is 3.83. The van der Waals surface area contributed by atoms with E-state index in [4.69, 9.17) is 9.15 Å². The molecular formula is C26H28N2O4. The predicted octanol–water partition coefficient (Wildman–Crippen LogP) is 4.54. The number of benzene rings is 2. The highest BCUT2D eigenvalue weighted by Gasteiger charge is 2.20. The smallest absolute Gasteiger partial charge is 0.339 e. The maximum absolute atomic E-state index is 12.4. The Morgan fingerprint density at radius 2 is 1.84 bits per heavy atom. The van der Waals surface area contributed by atoms with Crippen LogP contribution < -0.4 is 20.6 Å². The lowest BCUT2D eigenvalue weighted by atomic mass is 9.99. The fourth-order valence-electron chi connectivity index (χ4n) is 4.72. The molecule has 0 spiro atoms. The zero-order chi connectivity index (χ0) is 22.1. The van der Waals surface area contributed by atoms with E-state index in [1.54, 1.807) is 6.07 Å². The highest BCUT2D eigenvalue weighted by molar-refractivity contribution is 5.92. The highest BCUT2D eigenvalue weighted by Crippen LogP contribution is 2.29. The number of hydrogen-bond donors (Lipinski definition) is 1. The van der Waals surface area contributed by atoms with Gasteiger partial charge in [0.2, 0.25) is 0 Å². The fourth-order valence-corrected chi connectivity index (χ4v) is 4.72. The molecule has 32 heavy (non-hydrogen) atoms. The number of piperidine rings is 1. The number of rotatable bonds is 5. The lowest BCUT2D eigenvalue weighted by molar-refractivity contribution is -0.118. The van der Waals surface area contributed by atoms with Gasteiger partial charge in [-0.25, -0.2) is 4.79 Å². The van der Waals surface area contributed by atoms with Crippen molar-refractivity contribution in [2.75, 3.05) is 29.9 Å². The maximum atomic E-state index is 12.4. The van der Waals surface area contributed by atoms with Crippen molar-refractivity contribution in [3.8, 4) is 5.75 Å². The summed E-state index contributed by atoms with van der Waals surface area (Å²) in [6.45, 7) is 4.34. The number of fused-ring (bicyclic) bond motifs is 3. The Balaban J connectivity index is 1.19. The van der Waals surface area contributed by atoms with Crippen molar-refractivity contribution in [2.45, 2.75) is 39.0 Å². The van der Waals surface area contributed by atoms with Crippen LogP contribution in [0.5, 0.6) is 5.75 Å². The van der Waals surface area contributed by atoms with E-state index >= 15 is 0 Å². The molecule has 1 aliphatic heterocycles. The quantitative estimate of drug-likeness (QED) is 0.600. The largest absolute Gasteiger partial charge is 0.484 e. The van der Waals surface area contributed by atoms with Gasteiger partial charge in [0.15, 0.2) is 6.61 Å². The zero-order valence-corrected chi connectivity index (χ0v) is 18.4. The molecule has 6 heteroatoms. The minimum absolute atomic E-state index is 0.119. The molecule has 1 amide bonds. The molecule has 1 saturated heterocycles. The van der Waals surface area contributed by atoms with E-state index in [9.17, 15) is 9.59 Å². The molecule has 1 aliphatic carbocycles. The molecule has 0 radical (unpaired) electrons. The van der Waals surface area contributed by atoms with E-state index in [1.807, 2.05) is 24.3 Å². The Kier molecular flexibility index (Phi) is 5.60. The number of carbonyl (C=O) groups excluding carboxylic acids is 1. The minimum Gasteiger partial charge on any atom is -0.484 e. The third kappa shape index (κ3) is 4.22. The maximum Gasteiger partial charge on any atom is 0.339 e. The Bertz CT molecular complexity index is 1190. The van der Waals surface area contributed by atoms with Crippen LogP contribution in [0.3, 0.4) is 0 Å². The average Bonchev–Trinajstić information content (AvgIpc) is 3.30. The van der Waals surface area contributed by atoms with Crippen molar-refractivity contribution in [1.29, 1.82) is 0 Å². The molecule has 6 nitrogen and oxygen atoms in total. The van der Waals surface area contributed by atoms with Gasteiger partial charge in [-0.05, 0) is 80.0 Å². The van der Waals surface area contributed by atoms with Crippen LogP contribution in [0, 0.1) is 5.92 Å². The second-order valence-electron chi connectivity index (χ2n) is 8.91. The molecule has 5 rings (SSSR count). The van der Waals surface area contributed by atoms with Crippen molar-refractivity contribution < 1.29 is 13.9 Å². The topological polar surface area (TPSA) is 71.8 Å². The lowest BCUT2D eigenvalue weighted by Gasteiger charge is -2.32. The zero-order valence-electron chi connectivity index (χ0n) is 18.4. The van der Waals surface area contributed by atoms with E-state index in [-0.39, 0.29) is 18.1 Å². The monoisotopic (exact) mass is 432 g/mol. The van der Waals surface area contributed by atoms with Crippen molar-refractivity contribution in [2.24, 2.45) is 5.92 Å². The first-order chi connectivity index (χ1) is 15.6. The number of anilines is 2. The van der Waals surface area contributed by atoms with Crippen molar-refractivity contribution >= 4 is 28.3 Å². The Hall–Kier alpha value is -3.28. The van der Waals surface area contributed by atoms with Crippen LogP contribution >= 0.6 is 0 Å². The van der Waals surface area contributed by atoms with Gasteiger partial charge in [-0.1, -0.05) is 6.92 Å². The van der Waals surface area contributed by atoms with Gasteiger partial charge in [-0.15, -0.1) is 0 Å². The molecule has 0 unspecified atom stereocenters. The Morgan fingerprint density at radius 1 is 1.09 bits per heavy atom. The summed E-state index contributed by atoms with van der Waals surface area (Å²) in [5.74, 6) is 1.06. The van der Waals surface area contributed by atoms with Crippen LogP contribution in [0.2, 0.25) is 0 Å². The second kappa shape index (κ2) is 8.69. The normalized spacial score (nSPS) is 16.2. The van der Waals surface area contributed by atoms with Gasteiger partial charge in [0.25, 0.3) is 5.91 Å². The Morgan fingerprint density at radius 3 is 2.62 bits per heavy atom. The van der Waals surface area contributed by atoms with Crippen LogP contribution in [0.1, 0.15) is 37.3 Å². The van der Waals surface area contributed by atoms with Gasteiger partial charge in [0.05, 0.1) is 0 Å². The molecule has 2 heterocycles. The van der Waals surface area contributed by atoms with E-state index < -0.39 is 0 Å². The van der Waals surface area contributed by atoms with Crippen molar-refractivity contribution in [1.82, 2.24) is 0 Å². The van der Waals surface area contributed by atoms with E-state index in [1.165, 1.54) is 18.5 Å². The fraction of sp³-hybridized carbons (Fsp3) is 0.385. The van der Waals surface area contributed by atoms with Gasteiger partial charge >= 0.3 is 5.63 Å². The molecule has 0 bridgehead atoms. The standard InChI is InChI=1S/C26H28N2O4/c1-17-11-13-28(14-12-17)19-7-5-18(6-8-19)27-25(29)16-31-20-9-10-22-21-3-2-4-23(21)26(30)32-24(22)15-20/h5-10,15,17H,2-4,11-14,16H2,1H3,(H,27,29). The molecular weight excluding hydrogens is 404 g/mol. The summed E-state index contributed by atoms with van der Waals surface area (Å²) in [6.07, 6.45) is 5.10. The van der Waals surface area contributed by atoms with Gasteiger partial charge in [-0.2, -0.15) is 0 Å². The van der Waals surface area contributed by atoms with E-state index in [2.05, 4.69) is 29.3 Å². The second-order valence-corrected chi connectivity index (χ2v) is 8.91. The molecule has 1 fully saturated rings. The molecule has 2 aliphatic rings. The first kappa shape index (κ1) is 20.6. The summed E-state index contributed by atoms with van der Waals surface area (Å²) in [5.41, 5.74) is 4.07.